The average molecular weight is 427 g/mol. The molecule has 1 heterocycles. The summed E-state index contributed by atoms with van der Waals surface area (Å²) in [4.78, 5) is 4.65. The highest BCUT2D eigenvalue weighted by Crippen LogP contribution is 2.23. The van der Waals surface area contributed by atoms with E-state index in [1.165, 1.54) is 11.1 Å². The number of nitrogens with zero attached hydrogens (tertiary/aromatic N) is 1. The summed E-state index contributed by atoms with van der Waals surface area (Å²) in [5.41, 5.74) is 4.45. The van der Waals surface area contributed by atoms with Gasteiger partial charge in [0.2, 0.25) is 5.89 Å². The third-order valence-electron chi connectivity index (χ3n) is 5.70. The molecule has 0 aliphatic heterocycles. The van der Waals surface area contributed by atoms with Crippen LogP contribution in [-0.4, -0.2) is 11.6 Å². The molecule has 32 heavy (non-hydrogen) atoms. The van der Waals surface area contributed by atoms with Gasteiger partial charge < -0.3 is 14.5 Å². The highest BCUT2D eigenvalue weighted by Gasteiger charge is 2.13. The van der Waals surface area contributed by atoms with Crippen molar-refractivity contribution in [2.45, 2.75) is 39.3 Å². The van der Waals surface area contributed by atoms with Crippen LogP contribution in [0.1, 0.15) is 48.5 Å². The van der Waals surface area contributed by atoms with Crippen LogP contribution < -0.4 is 10.1 Å². The first-order chi connectivity index (χ1) is 15.6. The van der Waals surface area contributed by atoms with Gasteiger partial charge in [0, 0.05) is 24.1 Å². The van der Waals surface area contributed by atoms with E-state index in [0.29, 0.717) is 18.9 Å². The lowest BCUT2D eigenvalue weighted by molar-refractivity contribution is 0.319. The van der Waals surface area contributed by atoms with Gasteiger partial charge in [-0.2, -0.15) is 0 Å². The lowest BCUT2D eigenvalue weighted by Crippen LogP contribution is -2.22. The number of nitrogens with one attached hydrogen (secondary N) is 1. The van der Waals surface area contributed by atoms with E-state index in [-0.39, 0.29) is 12.1 Å². The van der Waals surface area contributed by atoms with Crippen molar-refractivity contribution in [1.29, 1.82) is 0 Å². The first-order valence-corrected chi connectivity index (χ1v) is 11.2. The van der Waals surface area contributed by atoms with E-state index in [2.05, 4.69) is 60.5 Å². The summed E-state index contributed by atoms with van der Waals surface area (Å²) >= 11 is 0. The van der Waals surface area contributed by atoms with Crippen LogP contribution in [0.15, 0.2) is 89.3 Å². The number of oxazole rings is 1. The summed E-state index contributed by atoms with van der Waals surface area (Å²) in [6.45, 7) is 6.89. The molecule has 0 saturated carbocycles. The Balaban J connectivity index is 1.29. The van der Waals surface area contributed by atoms with Gasteiger partial charge in [0.25, 0.3) is 0 Å². The molecule has 0 fully saturated rings. The Kier molecular flexibility index (Phi) is 7.03. The zero-order chi connectivity index (χ0) is 22.3. The molecule has 3 aromatic carbocycles. The quantitative estimate of drug-likeness (QED) is 0.324. The lowest BCUT2D eigenvalue weighted by atomic mass is 10.0. The minimum atomic E-state index is 0.244. The fourth-order valence-electron chi connectivity index (χ4n) is 3.79. The Labute approximate surface area is 190 Å². The number of aromatic nitrogens is 1. The molecular weight excluding hydrogens is 396 g/mol. The van der Waals surface area contributed by atoms with Crippen LogP contribution in [0.5, 0.6) is 5.75 Å². The van der Waals surface area contributed by atoms with Crippen LogP contribution in [0.2, 0.25) is 0 Å². The van der Waals surface area contributed by atoms with Gasteiger partial charge >= 0.3 is 0 Å². The topological polar surface area (TPSA) is 47.3 Å². The lowest BCUT2D eigenvalue weighted by Gasteiger charge is -2.21. The minimum Gasteiger partial charge on any atom is -0.493 e. The van der Waals surface area contributed by atoms with Gasteiger partial charge in [-0.1, -0.05) is 60.7 Å². The molecule has 0 spiro atoms. The molecule has 0 bridgehead atoms. The molecule has 4 aromatic rings. The maximum absolute atomic E-state index is 5.96. The van der Waals surface area contributed by atoms with E-state index in [4.69, 9.17) is 9.15 Å². The van der Waals surface area contributed by atoms with Crippen molar-refractivity contribution in [2.24, 2.45) is 0 Å². The normalized spacial score (nSPS) is 13.0. The molecule has 1 N–H and O–H groups in total. The number of hydrogen-bond acceptors (Lipinski definition) is 4. The number of rotatable bonds is 9. The molecule has 2 atom stereocenters. The van der Waals surface area contributed by atoms with Crippen molar-refractivity contribution in [2.75, 3.05) is 6.61 Å². The Morgan fingerprint density at radius 1 is 0.812 bits per heavy atom. The van der Waals surface area contributed by atoms with Crippen molar-refractivity contribution in [3.63, 3.8) is 0 Å². The average Bonchev–Trinajstić information content (AvgIpc) is 3.21. The number of benzene rings is 3. The van der Waals surface area contributed by atoms with Gasteiger partial charge in [0.1, 0.15) is 11.5 Å². The second-order valence-corrected chi connectivity index (χ2v) is 8.08. The fraction of sp³-hybridized carbons (Fsp3) is 0.250. The number of ether oxygens (including phenoxy) is 1. The molecule has 0 radical (unpaired) electrons. The number of hydrogen-bond donors (Lipinski definition) is 1. The van der Waals surface area contributed by atoms with E-state index in [1.807, 2.05) is 55.5 Å². The van der Waals surface area contributed by atoms with Gasteiger partial charge in [0.05, 0.1) is 12.3 Å². The SMILES string of the molecule is Cc1oc(-c2ccccc2)nc1CCOc1ccc([C@H](C)N[C@@H](C)c2ccccc2)cc1. The Morgan fingerprint density at radius 2 is 1.41 bits per heavy atom. The van der Waals surface area contributed by atoms with Gasteiger partial charge in [-0.15, -0.1) is 0 Å². The molecule has 4 heteroatoms. The zero-order valence-corrected chi connectivity index (χ0v) is 18.9. The maximum Gasteiger partial charge on any atom is 0.226 e. The van der Waals surface area contributed by atoms with Gasteiger partial charge in [-0.3, -0.25) is 0 Å². The van der Waals surface area contributed by atoms with E-state index in [0.717, 1.165) is 22.8 Å². The predicted molar refractivity (Wildman–Crippen MR) is 129 cm³/mol. The summed E-state index contributed by atoms with van der Waals surface area (Å²) in [7, 11) is 0. The summed E-state index contributed by atoms with van der Waals surface area (Å²) in [5.74, 6) is 2.37. The van der Waals surface area contributed by atoms with E-state index >= 15 is 0 Å². The highest BCUT2D eigenvalue weighted by atomic mass is 16.5. The van der Waals surface area contributed by atoms with Gasteiger partial charge in [0.15, 0.2) is 0 Å². The first kappa shape index (κ1) is 21.8. The van der Waals surface area contributed by atoms with Crippen molar-refractivity contribution in [3.05, 3.63) is 108 Å². The molecular formula is C28H30N2O2. The van der Waals surface area contributed by atoms with Crippen molar-refractivity contribution in [1.82, 2.24) is 10.3 Å². The summed E-state index contributed by atoms with van der Waals surface area (Å²) in [6, 6.07) is 29.3. The Bertz CT molecular complexity index is 1110. The van der Waals surface area contributed by atoms with Crippen LogP contribution in [-0.2, 0) is 6.42 Å². The summed E-state index contributed by atoms with van der Waals surface area (Å²) < 4.78 is 11.8. The molecule has 0 saturated heterocycles. The Hall–Kier alpha value is -3.37. The third kappa shape index (κ3) is 5.45. The molecule has 4 rings (SSSR count). The van der Waals surface area contributed by atoms with Crippen LogP contribution in [0.25, 0.3) is 11.5 Å². The summed E-state index contributed by atoms with van der Waals surface area (Å²) in [6.07, 6.45) is 0.705. The molecule has 0 aliphatic carbocycles. The smallest absolute Gasteiger partial charge is 0.226 e. The largest absolute Gasteiger partial charge is 0.493 e. The minimum absolute atomic E-state index is 0.244. The van der Waals surface area contributed by atoms with E-state index in [9.17, 15) is 0 Å². The van der Waals surface area contributed by atoms with Crippen molar-refractivity contribution >= 4 is 0 Å². The summed E-state index contributed by atoms with van der Waals surface area (Å²) in [5, 5.41) is 3.66. The van der Waals surface area contributed by atoms with Gasteiger partial charge in [-0.05, 0) is 56.2 Å². The molecule has 4 nitrogen and oxygen atoms in total. The zero-order valence-electron chi connectivity index (χ0n) is 18.9. The van der Waals surface area contributed by atoms with E-state index in [1.54, 1.807) is 0 Å². The van der Waals surface area contributed by atoms with Crippen LogP contribution in [0.4, 0.5) is 0 Å². The number of aryl methyl sites for hydroxylation is 1. The van der Waals surface area contributed by atoms with Gasteiger partial charge in [-0.25, -0.2) is 4.98 Å². The third-order valence-corrected chi connectivity index (χ3v) is 5.70. The highest BCUT2D eigenvalue weighted by molar-refractivity contribution is 5.53. The molecule has 0 amide bonds. The molecule has 1 aromatic heterocycles. The maximum atomic E-state index is 5.96. The van der Waals surface area contributed by atoms with Crippen LogP contribution >= 0.6 is 0 Å². The first-order valence-electron chi connectivity index (χ1n) is 11.2. The monoisotopic (exact) mass is 426 g/mol. The Morgan fingerprint density at radius 3 is 2.06 bits per heavy atom. The molecule has 0 unspecified atom stereocenters. The predicted octanol–water partition coefficient (Wildman–Crippen LogP) is 6.68. The fourth-order valence-corrected chi connectivity index (χ4v) is 3.79. The van der Waals surface area contributed by atoms with Crippen molar-refractivity contribution < 1.29 is 9.15 Å². The van der Waals surface area contributed by atoms with Crippen LogP contribution in [0, 0.1) is 6.92 Å². The van der Waals surface area contributed by atoms with Crippen molar-refractivity contribution in [3.8, 4) is 17.2 Å². The second-order valence-electron chi connectivity index (χ2n) is 8.08. The standard InChI is InChI=1S/C28H30N2O2/c1-20(23-10-6-4-7-11-23)29-21(2)24-14-16-26(17-15-24)31-19-18-27-22(3)32-28(30-27)25-12-8-5-9-13-25/h4-17,20-21,29H,18-19H2,1-3H3/t20-,21-/m0/s1. The molecule has 0 aliphatic rings. The second kappa shape index (κ2) is 10.3. The van der Waals surface area contributed by atoms with Crippen LogP contribution in [0.3, 0.4) is 0 Å². The molecule has 164 valence electrons. The van der Waals surface area contributed by atoms with E-state index < -0.39 is 0 Å².